The number of carbonyl (C=O) groups is 2. The van der Waals surface area contributed by atoms with Crippen LogP contribution in [-0.2, 0) is 9.59 Å². The third-order valence-corrected chi connectivity index (χ3v) is 5.20. The maximum absolute atomic E-state index is 12.4. The predicted octanol–water partition coefficient (Wildman–Crippen LogP) is 3.23. The number of carbonyl (C=O) groups excluding carboxylic acids is 2. The summed E-state index contributed by atoms with van der Waals surface area (Å²) in [6, 6.07) is 6.04. The second-order valence-electron chi connectivity index (χ2n) is 7.24. The van der Waals surface area contributed by atoms with Crippen molar-refractivity contribution in [1.29, 1.82) is 0 Å². The van der Waals surface area contributed by atoms with E-state index < -0.39 is 0 Å². The Morgan fingerprint density at radius 3 is 2.42 bits per heavy atom. The van der Waals surface area contributed by atoms with Gasteiger partial charge < -0.3 is 15.0 Å². The molecular formula is C21H32N2O3. The second-order valence-corrected chi connectivity index (χ2v) is 7.24. The molecule has 1 aromatic carbocycles. The molecule has 1 fully saturated rings. The summed E-state index contributed by atoms with van der Waals surface area (Å²) in [6.45, 7) is 9.60. The number of hydrogen-bond donors (Lipinski definition) is 1. The normalized spacial score (nSPS) is 15.2. The van der Waals surface area contributed by atoms with E-state index in [-0.39, 0.29) is 30.4 Å². The maximum atomic E-state index is 12.4. The third kappa shape index (κ3) is 5.48. The fraction of sp³-hybridized carbons (Fsp3) is 0.619. The highest BCUT2D eigenvalue weighted by Crippen LogP contribution is 2.19. The van der Waals surface area contributed by atoms with Crippen molar-refractivity contribution in [1.82, 2.24) is 10.2 Å². The highest BCUT2D eigenvalue weighted by atomic mass is 16.5. The number of benzene rings is 1. The van der Waals surface area contributed by atoms with Crippen LogP contribution in [0.3, 0.4) is 0 Å². The predicted molar refractivity (Wildman–Crippen MR) is 103 cm³/mol. The van der Waals surface area contributed by atoms with Gasteiger partial charge in [0.15, 0.2) is 6.61 Å². The molecule has 2 rings (SSSR count). The monoisotopic (exact) mass is 360 g/mol. The molecule has 1 aliphatic heterocycles. The molecule has 5 nitrogen and oxygen atoms in total. The number of likely N-dealkylation sites (tertiary alicyclic amines) is 1. The van der Waals surface area contributed by atoms with Crippen molar-refractivity contribution >= 4 is 11.8 Å². The van der Waals surface area contributed by atoms with Crippen LogP contribution >= 0.6 is 0 Å². The van der Waals surface area contributed by atoms with Crippen molar-refractivity contribution in [3.05, 3.63) is 29.3 Å². The molecule has 1 N–H and O–H groups in total. The SMILES string of the molecule is CCC(CC)C(=O)N1CCC(NC(=O)COc2ccc(C)cc2C)CC1. The number of amides is 2. The second kappa shape index (κ2) is 9.60. The van der Waals surface area contributed by atoms with E-state index in [1.54, 1.807) is 0 Å². The van der Waals surface area contributed by atoms with Gasteiger partial charge in [-0.2, -0.15) is 0 Å². The first-order valence-electron chi connectivity index (χ1n) is 9.72. The zero-order valence-corrected chi connectivity index (χ0v) is 16.5. The van der Waals surface area contributed by atoms with Crippen LogP contribution in [0.4, 0.5) is 0 Å². The highest BCUT2D eigenvalue weighted by Gasteiger charge is 2.27. The molecule has 1 aromatic rings. The van der Waals surface area contributed by atoms with Gasteiger partial charge in [0, 0.05) is 25.0 Å². The lowest BCUT2D eigenvalue weighted by Crippen LogP contribution is -2.48. The number of rotatable bonds is 7. The highest BCUT2D eigenvalue weighted by molar-refractivity contribution is 5.79. The van der Waals surface area contributed by atoms with Gasteiger partial charge in [0.25, 0.3) is 5.91 Å². The first kappa shape index (κ1) is 20.3. The molecular weight excluding hydrogens is 328 g/mol. The van der Waals surface area contributed by atoms with Crippen LogP contribution < -0.4 is 10.1 Å². The molecule has 0 radical (unpaired) electrons. The molecule has 26 heavy (non-hydrogen) atoms. The zero-order valence-electron chi connectivity index (χ0n) is 16.5. The van der Waals surface area contributed by atoms with Crippen molar-refractivity contribution in [2.45, 2.75) is 59.4 Å². The van der Waals surface area contributed by atoms with Crippen molar-refractivity contribution in [3.63, 3.8) is 0 Å². The average molecular weight is 360 g/mol. The van der Waals surface area contributed by atoms with Gasteiger partial charge >= 0.3 is 0 Å². The van der Waals surface area contributed by atoms with E-state index in [1.165, 1.54) is 5.56 Å². The molecule has 0 aliphatic carbocycles. The van der Waals surface area contributed by atoms with E-state index in [0.717, 1.165) is 50.1 Å². The zero-order chi connectivity index (χ0) is 19.1. The number of nitrogens with zero attached hydrogens (tertiary/aromatic N) is 1. The summed E-state index contributed by atoms with van der Waals surface area (Å²) in [6.07, 6.45) is 3.39. The summed E-state index contributed by atoms with van der Waals surface area (Å²) >= 11 is 0. The summed E-state index contributed by atoms with van der Waals surface area (Å²) in [4.78, 5) is 26.5. The third-order valence-electron chi connectivity index (χ3n) is 5.20. The average Bonchev–Trinajstić information content (AvgIpc) is 2.62. The maximum Gasteiger partial charge on any atom is 0.258 e. The lowest BCUT2D eigenvalue weighted by molar-refractivity contribution is -0.137. The van der Waals surface area contributed by atoms with Crippen molar-refractivity contribution in [3.8, 4) is 5.75 Å². The smallest absolute Gasteiger partial charge is 0.258 e. The van der Waals surface area contributed by atoms with Crippen LogP contribution in [0.1, 0.15) is 50.7 Å². The minimum absolute atomic E-state index is 0.0246. The summed E-state index contributed by atoms with van der Waals surface area (Å²) < 4.78 is 5.64. The number of hydrogen-bond acceptors (Lipinski definition) is 3. The Kier molecular flexibility index (Phi) is 7.49. The number of piperidine rings is 1. The summed E-state index contributed by atoms with van der Waals surface area (Å²) in [5.74, 6) is 1.04. The Bertz CT molecular complexity index is 618. The standard InChI is InChI=1S/C21H32N2O3/c1-5-17(6-2)21(25)23-11-9-18(10-12-23)22-20(24)14-26-19-8-7-15(3)13-16(19)4/h7-8,13,17-18H,5-6,9-12,14H2,1-4H3,(H,22,24). The minimum atomic E-state index is -0.102. The van der Waals surface area contributed by atoms with Crippen LogP contribution in [0.25, 0.3) is 0 Å². The summed E-state index contributed by atoms with van der Waals surface area (Å²) in [5, 5.41) is 3.03. The molecule has 5 heteroatoms. The van der Waals surface area contributed by atoms with Gasteiger partial charge in [0.2, 0.25) is 5.91 Å². The van der Waals surface area contributed by atoms with Crippen LogP contribution in [0, 0.1) is 19.8 Å². The van der Waals surface area contributed by atoms with Crippen LogP contribution in [-0.4, -0.2) is 42.5 Å². The molecule has 1 aliphatic rings. The summed E-state index contributed by atoms with van der Waals surface area (Å²) in [5.41, 5.74) is 2.21. The number of aryl methyl sites for hydroxylation is 2. The Balaban J connectivity index is 1.75. The van der Waals surface area contributed by atoms with Crippen LogP contribution in [0.15, 0.2) is 18.2 Å². The first-order valence-corrected chi connectivity index (χ1v) is 9.72. The molecule has 0 atom stereocenters. The van der Waals surface area contributed by atoms with Gasteiger partial charge in [-0.1, -0.05) is 31.5 Å². The number of nitrogens with one attached hydrogen (secondary N) is 1. The van der Waals surface area contributed by atoms with E-state index in [1.807, 2.05) is 36.9 Å². The largest absolute Gasteiger partial charge is 0.484 e. The van der Waals surface area contributed by atoms with Gasteiger partial charge in [0.1, 0.15) is 5.75 Å². The minimum Gasteiger partial charge on any atom is -0.484 e. The molecule has 0 spiro atoms. The molecule has 0 aromatic heterocycles. The topological polar surface area (TPSA) is 58.6 Å². The summed E-state index contributed by atoms with van der Waals surface area (Å²) in [7, 11) is 0. The van der Waals surface area contributed by atoms with E-state index in [4.69, 9.17) is 4.74 Å². The fourth-order valence-corrected chi connectivity index (χ4v) is 3.51. The molecule has 0 unspecified atom stereocenters. The quantitative estimate of drug-likeness (QED) is 0.812. The van der Waals surface area contributed by atoms with Gasteiger partial charge in [-0.15, -0.1) is 0 Å². The van der Waals surface area contributed by atoms with Crippen LogP contribution in [0.5, 0.6) is 5.75 Å². The molecule has 1 saturated heterocycles. The van der Waals surface area contributed by atoms with Crippen molar-refractivity contribution in [2.24, 2.45) is 5.92 Å². The Hall–Kier alpha value is -2.04. The molecule has 0 saturated carbocycles. The van der Waals surface area contributed by atoms with Gasteiger partial charge in [-0.3, -0.25) is 9.59 Å². The van der Waals surface area contributed by atoms with Gasteiger partial charge in [-0.25, -0.2) is 0 Å². The van der Waals surface area contributed by atoms with Gasteiger partial charge in [0.05, 0.1) is 0 Å². The fourth-order valence-electron chi connectivity index (χ4n) is 3.51. The van der Waals surface area contributed by atoms with E-state index >= 15 is 0 Å². The van der Waals surface area contributed by atoms with E-state index in [9.17, 15) is 9.59 Å². The van der Waals surface area contributed by atoms with Gasteiger partial charge in [-0.05, 0) is 51.2 Å². The molecule has 0 bridgehead atoms. The molecule has 1 heterocycles. The Labute approximate surface area is 157 Å². The molecule has 2 amide bonds. The Morgan fingerprint density at radius 1 is 1.19 bits per heavy atom. The van der Waals surface area contributed by atoms with Crippen LogP contribution in [0.2, 0.25) is 0 Å². The molecule has 144 valence electrons. The first-order chi connectivity index (χ1) is 12.4. The van der Waals surface area contributed by atoms with Crippen molar-refractivity contribution < 1.29 is 14.3 Å². The van der Waals surface area contributed by atoms with Crippen molar-refractivity contribution in [2.75, 3.05) is 19.7 Å². The lowest BCUT2D eigenvalue weighted by atomic mass is 9.98. The lowest BCUT2D eigenvalue weighted by Gasteiger charge is -2.34. The van der Waals surface area contributed by atoms with E-state index in [2.05, 4.69) is 19.2 Å². The number of ether oxygens (including phenoxy) is 1. The Morgan fingerprint density at radius 2 is 1.85 bits per heavy atom. The van der Waals surface area contributed by atoms with E-state index in [0.29, 0.717) is 0 Å².